The molecule has 5 nitrogen and oxygen atoms in total. The lowest BCUT2D eigenvalue weighted by atomic mass is 10.1. The Morgan fingerprint density at radius 2 is 2.21 bits per heavy atom. The topological polar surface area (TPSA) is 72.9 Å². The summed E-state index contributed by atoms with van der Waals surface area (Å²) in [5.74, 6) is -2.38. The van der Waals surface area contributed by atoms with E-state index < -0.39 is 28.8 Å². The highest BCUT2D eigenvalue weighted by Gasteiger charge is 2.15. The van der Waals surface area contributed by atoms with Gasteiger partial charge in [-0.1, -0.05) is 0 Å². The third-order valence-corrected chi connectivity index (χ3v) is 2.50. The molecule has 0 aliphatic rings. The van der Waals surface area contributed by atoms with Crippen molar-refractivity contribution in [2.75, 3.05) is 12.3 Å². The van der Waals surface area contributed by atoms with Crippen LogP contribution in [0.4, 0.5) is 14.5 Å². The largest absolute Gasteiger partial charge is 0.396 e. The van der Waals surface area contributed by atoms with Gasteiger partial charge in [-0.25, -0.2) is 8.78 Å². The smallest absolute Gasteiger partial charge is 0.254 e. The highest BCUT2D eigenvalue weighted by Crippen LogP contribution is 2.17. The molecule has 0 radical (unpaired) electrons. The Labute approximate surface area is 108 Å². The number of rotatable bonds is 4. The number of amides is 1. The van der Waals surface area contributed by atoms with Crippen LogP contribution in [0.25, 0.3) is 0 Å². The van der Waals surface area contributed by atoms with Gasteiger partial charge in [0, 0.05) is 18.9 Å². The van der Waals surface area contributed by atoms with Gasteiger partial charge in [-0.15, -0.1) is 0 Å². The molecule has 1 aromatic heterocycles. The quantitative estimate of drug-likeness (QED) is 0.816. The lowest BCUT2D eigenvalue weighted by Crippen LogP contribution is -2.28. The van der Waals surface area contributed by atoms with Crippen molar-refractivity contribution in [3.63, 3.8) is 0 Å². The number of carbonyl (C=O) groups excluding carboxylic acids is 1. The molecule has 0 bridgehead atoms. The summed E-state index contributed by atoms with van der Waals surface area (Å²) < 4.78 is 28.2. The van der Waals surface area contributed by atoms with Crippen molar-refractivity contribution in [3.8, 4) is 0 Å². The summed E-state index contributed by atoms with van der Waals surface area (Å²) in [6.45, 7) is 0.682. The Balaban J connectivity index is 2.00. The maximum Gasteiger partial charge on any atom is 0.254 e. The number of nitrogens with one attached hydrogen (secondary N) is 1. The lowest BCUT2D eigenvalue weighted by molar-refractivity contribution is 0.0947. The van der Waals surface area contributed by atoms with Crippen LogP contribution in [0.5, 0.6) is 0 Å². The highest BCUT2D eigenvalue weighted by molar-refractivity contribution is 5.95. The van der Waals surface area contributed by atoms with Gasteiger partial charge < -0.3 is 11.1 Å². The van der Waals surface area contributed by atoms with Gasteiger partial charge in [0.15, 0.2) is 5.82 Å². The molecule has 100 valence electrons. The molecule has 7 heteroatoms. The van der Waals surface area contributed by atoms with E-state index in [1.54, 1.807) is 23.1 Å². The molecule has 1 heterocycles. The van der Waals surface area contributed by atoms with Crippen LogP contribution in [0.3, 0.4) is 0 Å². The molecule has 1 amide bonds. The predicted octanol–water partition coefficient (Wildman–Crippen LogP) is 1.17. The molecule has 0 fully saturated rings. The molecule has 1 aromatic carbocycles. The van der Waals surface area contributed by atoms with Crippen molar-refractivity contribution in [3.05, 3.63) is 47.8 Å². The maximum absolute atomic E-state index is 13.6. The molecule has 19 heavy (non-hydrogen) atoms. The first-order valence-electron chi connectivity index (χ1n) is 5.58. The number of benzene rings is 1. The molecule has 3 N–H and O–H groups in total. The van der Waals surface area contributed by atoms with Crippen LogP contribution in [0.2, 0.25) is 0 Å². The number of halogens is 2. The fourth-order valence-electron chi connectivity index (χ4n) is 1.59. The van der Waals surface area contributed by atoms with E-state index in [9.17, 15) is 13.6 Å². The van der Waals surface area contributed by atoms with Gasteiger partial charge in [0.2, 0.25) is 0 Å². The van der Waals surface area contributed by atoms with Crippen LogP contribution in [0.1, 0.15) is 10.4 Å². The second-order valence-corrected chi connectivity index (χ2v) is 3.88. The van der Waals surface area contributed by atoms with Gasteiger partial charge in [0.1, 0.15) is 5.82 Å². The van der Waals surface area contributed by atoms with E-state index in [0.29, 0.717) is 6.54 Å². The molecule has 0 atom stereocenters. The van der Waals surface area contributed by atoms with Gasteiger partial charge >= 0.3 is 0 Å². The maximum atomic E-state index is 13.6. The van der Waals surface area contributed by atoms with Crippen molar-refractivity contribution >= 4 is 11.6 Å². The fraction of sp³-hybridized carbons (Fsp3) is 0.167. The van der Waals surface area contributed by atoms with Crippen LogP contribution < -0.4 is 11.1 Å². The van der Waals surface area contributed by atoms with Crippen molar-refractivity contribution < 1.29 is 13.6 Å². The summed E-state index contributed by atoms with van der Waals surface area (Å²) in [5.41, 5.74) is 4.46. The zero-order valence-corrected chi connectivity index (χ0v) is 9.94. The van der Waals surface area contributed by atoms with E-state index in [2.05, 4.69) is 10.4 Å². The van der Waals surface area contributed by atoms with Gasteiger partial charge in [-0.2, -0.15) is 5.10 Å². The molecule has 0 unspecified atom stereocenters. The summed E-state index contributed by atoms with van der Waals surface area (Å²) in [7, 11) is 0. The Kier molecular flexibility index (Phi) is 3.74. The summed E-state index contributed by atoms with van der Waals surface area (Å²) in [5, 5.41) is 6.41. The Bertz CT molecular complexity index is 584. The van der Waals surface area contributed by atoms with Gasteiger partial charge in [0.25, 0.3) is 5.91 Å². The molecular weight excluding hydrogens is 254 g/mol. The summed E-state index contributed by atoms with van der Waals surface area (Å²) >= 11 is 0. The first-order valence-corrected chi connectivity index (χ1v) is 5.58. The number of aromatic nitrogens is 2. The van der Waals surface area contributed by atoms with Gasteiger partial charge in [-0.05, 0) is 18.2 Å². The van der Waals surface area contributed by atoms with E-state index >= 15 is 0 Å². The minimum Gasteiger partial charge on any atom is -0.396 e. The third-order valence-electron chi connectivity index (χ3n) is 2.50. The molecule has 0 aliphatic carbocycles. The number of anilines is 1. The molecule has 0 spiro atoms. The first kappa shape index (κ1) is 13.0. The average Bonchev–Trinajstić information content (AvgIpc) is 2.86. The predicted molar refractivity (Wildman–Crippen MR) is 65.3 cm³/mol. The monoisotopic (exact) mass is 266 g/mol. The van der Waals surface area contributed by atoms with Crippen molar-refractivity contribution in [2.24, 2.45) is 0 Å². The van der Waals surface area contributed by atoms with Crippen LogP contribution in [-0.4, -0.2) is 22.2 Å². The van der Waals surface area contributed by atoms with Crippen molar-refractivity contribution in [1.29, 1.82) is 0 Å². The zero-order valence-electron chi connectivity index (χ0n) is 9.94. The SMILES string of the molecule is Nc1cc(F)cc(C(=O)NCCn2cccn2)c1F. The normalized spacial score (nSPS) is 10.4. The van der Waals surface area contributed by atoms with Crippen LogP contribution in [-0.2, 0) is 6.54 Å². The number of carbonyl (C=O) groups is 1. The average molecular weight is 266 g/mol. The number of hydrogen-bond donors (Lipinski definition) is 2. The standard InChI is InChI=1S/C12H12F2N4O/c13-8-6-9(11(14)10(15)7-8)12(19)16-3-5-18-4-1-2-17-18/h1-2,4,6-7H,3,5,15H2,(H,16,19). The molecule has 2 aromatic rings. The van der Waals surface area contributed by atoms with Crippen LogP contribution in [0, 0.1) is 11.6 Å². The molecule has 2 rings (SSSR count). The minimum absolute atomic E-state index is 0.246. The molecule has 0 aliphatic heterocycles. The number of nitrogens with zero attached hydrogens (tertiary/aromatic N) is 2. The zero-order chi connectivity index (χ0) is 13.8. The number of nitrogen functional groups attached to an aromatic ring is 1. The Morgan fingerprint density at radius 3 is 2.89 bits per heavy atom. The van der Waals surface area contributed by atoms with Crippen molar-refractivity contribution in [1.82, 2.24) is 15.1 Å². The van der Waals surface area contributed by atoms with E-state index in [4.69, 9.17) is 5.73 Å². The molecule has 0 saturated heterocycles. The lowest BCUT2D eigenvalue weighted by Gasteiger charge is -2.08. The minimum atomic E-state index is -0.919. The Morgan fingerprint density at radius 1 is 1.42 bits per heavy atom. The van der Waals surface area contributed by atoms with E-state index in [-0.39, 0.29) is 6.54 Å². The summed E-state index contributed by atoms with van der Waals surface area (Å²) in [6, 6.07) is 3.39. The van der Waals surface area contributed by atoms with Gasteiger partial charge in [-0.3, -0.25) is 9.48 Å². The third kappa shape index (κ3) is 3.06. The summed E-state index contributed by atoms with van der Waals surface area (Å²) in [6.07, 6.45) is 3.33. The molecule has 0 saturated carbocycles. The second kappa shape index (κ2) is 5.47. The van der Waals surface area contributed by atoms with Crippen LogP contribution >= 0.6 is 0 Å². The van der Waals surface area contributed by atoms with Gasteiger partial charge in [0.05, 0.1) is 17.8 Å². The number of hydrogen-bond acceptors (Lipinski definition) is 3. The summed E-state index contributed by atoms with van der Waals surface area (Å²) in [4.78, 5) is 11.7. The highest BCUT2D eigenvalue weighted by atomic mass is 19.1. The Hall–Kier alpha value is -2.44. The van der Waals surface area contributed by atoms with Crippen molar-refractivity contribution in [2.45, 2.75) is 6.54 Å². The molecular formula is C12H12F2N4O. The van der Waals surface area contributed by atoms with E-state index in [1.165, 1.54) is 0 Å². The first-order chi connectivity index (χ1) is 9.08. The second-order valence-electron chi connectivity index (χ2n) is 3.88. The van der Waals surface area contributed by atoms with E-state index in [0.717, 1.165) is 12.1 Å². The van der Waals surface area contributed by atoms with Crippen LogP contribution in [0.15, 0.2) is 30.6 Å². The fourth-order valence-corrected chi connectivity index (χ4v) is 1.59. The number of nitrogens with two attached hydrogens (primary N) is 1. The van der Waals surface area contributed by atoms with E-state index in [1.807, 2.05) is 0 Å².